The number of carbonyl (C=O) groups excluding carboxylic acids is 1. The van der Waals surface area contributed by atoms with E-state index < -0.39 is 9.84 Å². The van der Waals surface area contributed by atoms with Crippen molar-refractivity contribution in [2.24, 2.45) is 0 Å². The molecule has 0 saturated heterocycles. The Morgan fingerprint density at radius 1 is 1.03 bits per heavy atom. The summed E-state index contributed by atoms with van der Waals surface area (Å²) in [6, 6.07) is 12.6. The first-order valence-electron chi connectivity index (χ1n) is 10.0. The quantitative estimate of drug-likeness (QED) is 0.498. The summed E-state index contributed by atoms with van der Waals surface area (Å²) in [5, 5.41) is 0.562. The highest BCUT2D eigenvalue weighted by Crippen LogP contribution is 2.32. The number of anilines is 1. The third-order valence-electron chi connectivity index (χ3n) is 5.02. The Kier molecular flexibility index (Phi) is 8.10. The molecule has 0 unspecified atom stereocenters. The number of amides is 1. The summed E-state index contributed by atoms with van der Waals surface area (Å²) < 4.78 is 24.5. The summed E-state index contributed by atoms with van der Waals surface area (Å²) in [6.07, 6.45) is 1.18. The molecular formula is C23H30ClN3O3S2. The maximum Gasteiger partial charge on any atom is 0.260 e. The van der Waals surface area contributed by atoms with Crippen LogP contribution in [0.5, 0.6) is 0 Å². The molecule has 0 saturated carbocycles. The number of carbonyl (C=O) groups is 1. The number of nitrogens with zero attached hydrogens (tertiary/aromatic N) is 3. The fourth-order valence-electron chi connectivity index (χ4n) is 3.09. The van der Waals surface area contributed by atoms with E-state index in [1.807, 2.05) is 43.3 Å². The second-order valence-electron chi connectivity index (χ2n) is 8.99. The number of sulfone groups is 1. The van der Waals surface area contributed by atoms with Gasteiger partial charge in [0.1, 0.15) is 0 Å². The number of fused-ring (bicyclic) bond motifs is 1. The Balaban J connectivity index is 0.00000363. The molecule has 174 valence electrons. The molecule has 3 rings (SSSR count). The summed E-state index contributed by atoms with van der Waals surface area (Å²) in [6.45, 7) is 7.57. The van der Waals surface area contributed by atoms with Crippen LogP contribution in [0.25, 0.3) is 10.2 Å². The van der Waals surface area contributed by atoms with Gasteiger partial charge in [-0.05, 0) is 55.4 Å². The molecule has 0 bridgehead atoms. The summed E-state index contributed by atoms with van der Waals surface area (Å²) in [7, 11) is 0.601. The highest BCUT2D eigenvalue weighted by molar-refractivity contribution is 7.90. The third kappa shape index (κ3) is 6.07. The minimum Gasteiger partial charge on any atom is -0.308 e. The number of benzene rings is 2. The maximum atomic E-state index is 13.4. The number of hydrogen-bond donors (Lipinski definition) is 0. The van der Waals surface area contributed by atoms with Crippen molar-refractivity contribution >= 4 is 54.8 Å². The summed E-state index contributed by atoms with van der Waals surface area (Å²) >= 11 is 1.33. The van der Waals surface area contributed by atoms with E-state index in [2.05, 4.69) is 25.8 Å². The Morgan fingerprint density at radius 3 is 2.19 bits per heavy atom. The van der Waals surface area contributed by atoms with Gasteiger partial charge < -0.3 is 4.90 Å². The molecule has 0 fully saturated rings. The Labute approximate surface area is 200 Å². The van der Waals surface area contributed by atoms with Crippen LogP contribution in [0.4, 0.5) is 5.13 Å². The lowest BCUT2D eigenvalue weighted by Gasteiger charge is -2.23. The van der Waals surface area contributed by atoms with Gasteiger partial charge in [-0.3, -0.25) is 9.69 Å². The van der Waals surface area contributed by atoms with E-state index in [0.717, 1.165) is 10.3 Å². The van der Waals surface area contributed by atoms with Crippen LogP contribution in [0.2, 0.25) is 0 Å². The third-order valence-corrected chi connectivity index (χ3v) is 7.17. The second kappa shape index (κ2) is 9.87. The number of likely N-dealkylation sites (N-methyl/N-ethyl adjacent to an activating group) is 1. The fraction of sp³-hybridized carbons (Fsp3) is 0.391. The smallest absolute Gasteiger partial charge is 0.260 e. The van der Waals surface area contributed by atoms with Crippen molar-refractivity contribution in [2.45, 2.75) is 31.1 Å². The van der Waals surface area contributed by atoms with Crippen LogP contribution >= 0.6 is 23.7 Å². The van der Waals surface area contributed by atoms with Crippen molar-refractivity contribution in [3.8, 4) is 0 Å². The van der Waals surface area contributed by atoms with E-state index >= 15 is 0 Å². The number of hydrogen-bond acceptors (Lipinski definition) is 6. The Hall–Kier alpha value is -2.00. The zero-order valence-electron chi connectivity index (χ0n) is 19.2. The van der Waals surface area contributed by atoms with Crippen molar-refractivity contribution < 1.29 is 13.2 Å². The summed E-state index contributed by atoms with van der Waals surface area (Å²) in [5.41, 5.74) is 2.45. The first-order valence-corrected chi connectivity index (χ1v) is 12.7. The molecule has 0 atom stereocenters. The lowest BCUT2D eigenvalue weighted by Crippen LogP contribution is -2.36. The SMILES string of the molecule is CN(C)CCN(C(=O)c1ccc(C(C)(C)C)cc1)c1nc2ccc(S(C)(=O)=O)cc2s1.Cl. The summed E-state index contributed by atoms with van der Waals surface area (Å²) in [4.78, 5) is 22.0. The van der Waals surface area contributed by atoms with E-state index in [9.17, 15) is 13.2 Å². The molecule has 0 radical (unpaired) electrons. The highest BCUT2D eigenvalue weighted by Gasteiger charge is 2.23. The van der Waals surface area contributed by atoms with Crippen molar-refractivity contribution in [1.29, 1.82) is 0 Å². The average Bonchev–Trinajstić information content (AvgIpc) is 3.09. The van der Waals surface area contributed by atoms with Gasteiger partial charge in [-0.25, -0.2) is 13.4 Å². The van der Waals surface area contributed by atoms with E-state index in [0.29, 0.717) is 29.3 Å². The summed E-state index contributed by atoms with van der Waals surface area (Å²) in [5.74, 6) is -0.121. The number of aromatic nitrogens is 1. The average molecular weight is 496 g/mol. The maximum absolute atomic E-state index is 13.4. The highest BCUT2D eigenvalue weighted by atomic mass is 35.5. The van der Waals surface area contributed by atoms with Gasteiger partial charge in [-0.2, -0.15) is 0 Å². The van der Waals surface area contributed by atoms with E-state index in [-0.39, 0.29) is 28.6 Å². The lowest BCUT2D eigenvalue weighted by molar-refractivity contribution is 0.0985. The van der Waals surface area contributed by atoms with Crippen molar-refractivity contribution in [3.05, 3.63) is 53.6 Å². The fourth-order valence-corrected chi connectivity index (χ4v) is 4.84. The topological polar surface area (TPSA) is 70.6 Å². The second-order valence-corrected chi connectivity index (χ2v) is 12.0. The lowest BCUT2D eigenvalue weighted by atomic mass is 9.86. The zero-order chi connectivity index (χ0) is 23.0. The van der Waals surface area contributed by atoms with Gasteiger partial charge in [-0.15, -0.1) is 12.4 Å². The van der Waals surface area contributed by atoms with Gasteiger partial charge in [0.2, 0.25) is 0 Å². The molecule has 6 nitrogen and oxygen atoms in total. The molecule has 0 aliphatic rings. The van der Waals surface area contributed by atoms with Gasteiger partial charge >= 0.3 is 0 Å². The van der Waals surface area contributed by atoms with Gasteiger partial charge in [0.25, 0.3) is 5.91 Å². The van der Waals surface area contributed by atoms with Crippen molar-refractivity contribution in [1.82, 2.24) is 9.88 Å². The van der Waals surface area contributed by atoms with Gasteiger partial charge in [0, 0.05) is 24.9 Å². The Morgan fingerprint density at radius 2 is 1.66 bits per heavy atom. The molecule has 3 aromatic rings. The van der Waals surface area contributed by atoms with Crippen LogP contribution in [0.15, 0.2) is 47.4 Å². The van der Waals surface area contributed by atoms with Crippen LogP contribution in [0.3, 0.4) is 0 Å². The van der Waals surface area contributed by atoms with Gasteiger partial charge in [0.05, 0.1) is 15.1 Å². The molecule has 0 aliphatic heterocycles. The number of halogens is 1. The van der Waals surface area contributed by atoms with Crippen LogP contribution < -0.4 is 4.90 Å². The molecular weight excluding hydrogens is 466 g/mol. The zero-order valence-corrected chi connectivity index (χ0v) is 21.7. The standard InChI is InChI=1S/C23H29N3O3S2.ClH/c1-23(2,3)17-9-7-16(8-10-17)21(27)26(14-13-25(4)5)22-24-19-12-11-18(31(6,28)29)15-20(19)30-22;/h7-12,15H,13-14H2,1-6H3;1H. The molecule has 1 amide bonds. The first kappa shape index (κ1) is 26.3. The largest absolute Gasteiger partial charge is 0.308 e. The molecule has 2 aromatic carbocycles. The number of rotatable bonds is 6. The van der Waals surface area contributed by atoms with Crippen LogP contribution in [0.1, 0.15) is 36.7 Å². The van der Waals surface area contributed by atoms with Crippen molar-refractivity contribution in [3.63, 3.8) is 0 Å². The van der Waals surface area contributed by atoms with Crippen LogP contribution in [-0.4, -0.2) is 57.6 Å². The molecule has 0 spiro atoms. The molecule has 32 heavy (non-hydrogen) atoms. The molecule has 0 aliphatic carbocycles. The van der Waals surface area contributed by atoms with Gasteiger partial charge in [0.15, 0.2) is 15.0 Å². The Bertz CT molecular complexity index is 1200. The van der Waals surface area contributed by atoms with E-state index in [4.69, 9.17) is 0 Å². The predicted molar refractivity (Wildman–Crippen MR) is 135 cm³/mol. The predicted octanol–water partition coefficient (Wildman–Crippen LogP) is 4.63. The number of thiazole rings is 1. The van der Waals surface area contributed by atoms with Crippen LogP contribution in [-0.2, 0) is 15.3 Å². The normalized spacial score (nSPS) is 12.1. The molecule has 1 aromatic heterocycles. The molecule has 9 heteroatoms. The van der Waals surface area contributed by atoms with Crippen LogP contribution in [0, 0.1) is 0 Å². The minimum absolute atomic E-state index is 0. The van der Waals surface area contributed by atoms with E-state index in [1.165, 1.54) is 17.6 Å². The monoisotopic (exact) mass is 495 g/mol. The van der Waals surface area contributed by atoms with Crippen molar-refractivity contribution in [2.75, 3.05) is 38.3 Å². The molecule has 0 N–H and O–H groups in total. The molecule has 1 heterocycles. The van der Waals surface area contributed by atoms with E-state index in [1.54, 1.807) is 23.1 Å². The minimum atomic E-state index is -3.31. The first-order chi connectivity index (χ1) is 14.4. The van der Waals surface area contributed by atoms with Gasteiger partial charge in [-0.1, -0.05) is 44.2 Å².